The quantitative estimate of drug-likeness (QED) is 0.840. The molecule has 1 aromatic rings. The van der Waals surface area contributed by atoms with Gasteiger partial charge in [-0.25, -0.2) is 0 Å². The monoisotopic (exact) mass is 309 g/mol. The molecule has 0 aromatic heterocycles. The number of halogens is 1. The zero-order valence-electron chi connectivity index (χ0n) is 12.6. The number of carbonyl (C=O) groups excluding carboxylic acids is 1. The molecule has 1 fully saturated rings. The first-order valence-corrected chi connectivity index (χ1v) is 7.95. The largest absolute Gasteiger partial charge is 0.355 e. The molecule has 0 radical (unpaired) electrons. The Morgan fingerprint density at radius 2 is 2.19 bits per heavy atom. The molecule has 1 aromatic carbocycles. The maximum atomic E-state index is 12.0. The summed E-state index contributed by atoms with van der Waals surface area (Å²) in [5.41, 5.74) is 1.15. The fourth-order valence-electron chi connectivity index (χ4n) is 2.70. The number of likely N-dealkylation sites (N-methyl/N-ethyl adjacent to an activating group) is 1. The molecule has 1 heterocycles. The normalized spacial score (nSPS) is 16.1. The number of rotatable bonds is 6. The topological polar surface area (TPSA) is 44.4 Å². The van der Waals surface area contributed by atoms with Crippen molar-refractivity contribution in [2.75, 3.05) is 33.2 Å². The van der Waals surface area contributed by atoms with E-state index < -0.39 is 0 Å². The van der Waals surface area contributed by atoms with Crippen LogP contribution in [0.4, 0.5) is 0 Å². The van der Waals surface area contributed by atoms with Crippen molar-refractivity contribution < 1.29 is 4.79 Å². The van der Waals surface area contributed by atoms with E-state index in [1.54, 1.807) is 0 Å². The highest BCUT2D eigenvalue weighted by atomic mass is 35.5. The fraction of sp³-hybridized carbons (Fsp3) is 0.562. The highest BCUT2D eigenvalue weighted by Crippen LogP contribution is 2.11. The lowest BCUT2D eigenvalue weighted by Crippen LogP contribution is -2.45. The first kappa shape index (κ1) is 16.3. The Morgan fingerprint density at radius 1 is 1.43 bits per heavy atom. The van der Waals surface area contributed by atoms with Crippen molar-refractivity contribution in [2.24, 2.45) is 0 Å². The maximum Gasteiger partial charge on any atom is 0.234 e. The lowest BCUT2D eigenvalue weighted by molar-refractivity contribution is -0.122. The minimum atomic E-state index is 0.0954. The fourth-order valence-corrected chi connectivity index (χ4v) is 2.91. The van der Waals surface area contributed by atoms with E-state index >= 15 is 0 Å². The van der Waals surface area contributed by atoms with Gasteiger partial charge >= 0.3 is 0 Å². The van der Waals surface area contributed by atoms with Crippen molar-refractivity contribution in [3.8, 4) is 0 Å². The van der Waals surface area contributed by atoms with Crippen LogP contribution in [0, 0.1) is 0 Å². The molecule has 0 bridgehead atoms. The molecule has 0 atom stereocenters. The van der Waals surface area contributed by atoms with E-state index in [9.17, 15) is 4.79 Å². The molecule has 21 heavy (non-hydrogen) atoms. The number of hydrogen-bond acceptors (Lipinski definition) is 3. The van der Waals surface area contributed by atoms with Gasteiger partial charge in [0, 0.05) is 17.6 Å². The standard InChI is InChI=1S/C16H24ClN3O/c1-20(15-6-8-18-9-7-15)12-16(21)19-10-5-13-3-2-4-14(17)11-13/h2-4,11,15,18H,5-10,12H2,1H3,(H,19,21). The Bertz CT molecular complexity index is 461. The average molecular weight is 310 g/mol. The smallest absolute Gasteiger partial charge is 0.234 e. The molecule has 1 aliphatic heterocycles. The molecule has 4 nitrogen and oxygen atoms in total. The van der Waals surface area contributed by atoms with E-state index in [4.69, 9.17) is 11.6 Å². The number of benzene rings is 1. The van der Waals surface area contributed by atoms with Gasteiger partial charge in [0.25, 0.3) is 0 Å². The van der Waals surface area contributed by atoms with Gasteiger partial charge in [-0.15, -0.1) is 0 Å². The second-order valence-corrected chi connectivity index (χ2v) is 6.06. The summed E-state index contributed by atoms with van der Waals surface area (Å²) >= 11 is 5.94. The zero-order chi connectivity index (χ0) is 15.1. The molecule has 0 spiro atoms. The van der Waals surface area contributed by atoms with Crippen LogP contribution in [0.5, 0.6) is 0 Å². The summed E-state index contributed by atoms with van der Waals surface area (Å²) in [5.74, 6) is 0.0954. The molecule has 116 valence electrons. The maximum absolute atomic E-state index is 12.0. The van der Waals surface area contributed by atoms with Gasteiger partial charge in [0.05, 0.1) is 6.54 Å². The third-order valence-electron chi connectivity index (χ3n) is 3.95. The summed E-state index contributed by atoms with van der Waals surface area (Å²) in [5, 5.41) is 7.06. The minimum absolute atomic E-state index is 0.0954. The summed E-state index contributed by atoms with van der Waals surface area (Å²) in [6.45, 7) is 3.22. The van der Waals surface area contributed by atoms with Gasteiger partial charge in [0.1, 0.15) is 0 Å². The number of hydrogen-bond donors (Lipinski definition) is 2. The Morgan fingerprint density at radius 3 is 2.90 bits per heavy atom. The number of piperidine rings is 1. The van der Waals surface area contributed by atoms with Crippen molar-refractivity contribution in [1.82, 2.24) is 15.5 Å². The highest BCUT2D eigenvalue weighted by molar-refractivity contribution is 6.30. The van der Waals surface area contributed by atoms with Gasteiger partial charge < -0.3 is 10.6 Å². The number of carbonyl (C=O) groups is 1. The van der Waals surface area contributed by atoms with Crippen LogP contribution in [-0.4, -0.2) is 50.1 Å². The molecule has 2 rings (SSSR count). The molecule has 0 aliphatic carbocycles. The van der Waals surface area contributed by atoms with Crippen molar-refractivity contribution in [3.05, 3.63) is 34.9 Å². The van der Waals surface area contributed by atoms with Crippen LogP contribution in [0.1, 0.15) is 18.4 Å². The summed E-state index contributed by atoms with van der Waals surface area (Å²) in [6.07, 6.45) is 3.04. The molecule has 2 N–H and O–H groups in total. The number of nitrogens with zero attached hydrogens (tertiary/aromatic N) is 1. The van der Waals surface area contributed by atoms with Crippen LogP contribution in [0.3, 0.4) is 0 Å². The average Bonchev–Trinajstić information content (AvgIpc) is 2.48. The van der Waals surface area contributed by atoms with Crippen LogP contribution in [0.25, 0.3) is 0 Å². The molecular weight excluding hydrogens is 286 g/mol. The Hall–Kier alpha value is -1.10. The number of amides is 1. The Labute approximate surface area is 131 Å². The summed E-state index contributed by atoms with van der Waals surface area (Å²) in [6, 6.07) is 8.28. The van der Waals surface area contributed by atoms with Crippen LogP contribution >= 0.6 is 11.6 Å². The predicted octanol–water partition coefficient (Wildman–Crippen LogP) is 1.68. The van der Waals surface area contributed by atoms with E-state index in [0.29, 0.717) is 19.1 Å². The van der Waals surface area contributed by atoms with Crippen LogP contribution in [-0.2, 0) is 11.2 Å². The van der Waals surface area contributed by atoms with E-state index in [1.165, 1.54) is 0 Å². The van der Waals surface area contributed by atoms with Gasteiger partial charge in [-0.05, 0) is 57.1 Å². The van der Waals surface area contributed by atoms with Gasteiger partial charge in [-0.3, -0.25) is 9.69 Å². The van der Waals surface area contributed by atoms with Crippen molar-refractivity contribution in [3.63, 3.8) is 0 Å². The van der Waals surface area contributed by atoms with E-state index in [1.807, 2.05) is 31.3 Å². The molecule has 1 aliphatic rings. The van der Waals surface area contributed by atoms with Gasteiger partial charge in [0.2, 0.25) is 5.91 Å². The summed E-state index contributed by atoms with van der Waals surface area (Å²) in [4.78, 5) is 14.1. The third kappa shape index (κ3) is 5.65. The molecule has 0 saturated carbocycles. The van der Waals surface area contributed by atoms with E-state index in [-0.39, 0.29) is 5.91 Å². The Kier molecular flexibility index (Phi) is 6.49. The lowest BCUT2D eigenvalue weighted by atomic mass is 10.1. The SMILES string of the molecule is CN(CC(=O)NCCc1cccc(Cl)c1)C1CCNCC1. The number of nitrogens with one attached hydrogen (secondary N) is 2. The lowest BCUT2D eigenvalue weighted by Gasteiger charge is -2.31. The van der Waals surface area contributed by atoms with Crippen molar-refractivity contribution in [2.45, 2.75) is 25.3 Å². The van der Waals surface area contributed by atoms with Gasteiger partial charge in [-0.2, -0.15) is 0 Å². The second kappa shape index (κ2) is 8.37. The van der Waals surface area contributed by atoms with Crippen LogP contribution in [0.2, 0.25) is 5.02 Å². The third-order valence-corrected chi connectivity index (χ3v) is 4.19. The van der Waals surface area contributed by atoms with Crippen molar-refractivity contribution >= 4 is 17.5 Å². The van der Waals surface area contributed by atoms with Crippen LogP contribution in [0.15, 0.2) is 24.3 Å². The predicted molar refractivity (Wildman–Crippen MR) is 86.7 cm³/mol. The van der Waals surface area contributed by atoms with Crippen LogP contribution < -0.4 is 10.6 Å². The molecule has 5 heteroatoms. The van der Waals surface area contributed by atoms with E-state index in [0.717, 1.165) is 42.9 Å². The van der Waals surface area contributed by atoms with Crippen molar-refractivity contribution in [1.29, 1.82) is 0 Å². The van der Waals surface area contributed by atoms with Gasteiger partial charge in [-0.1, -0.05) is 23.7 Å². The zero-order valence-corrected chi connectivity index (χ0v) is 13.3. The Balaban J connectivity index is 1.67. The summed E-state index contributed by atoms with van der Waals surface area (Å²) in [7, 11) is 2.03. The second-order valence-electron chi connectivity index (χ2n) is 5.63. The van der Waals surface area contributed by atoms with Gasteiger partial charge in [0.15, 0.2) is 0 Å². The molecule has 0 unspecified atom stereocenters. The first-order chi connectivity index (χ1) is 10.1. The minimum Gasteiger partial charge on any atom is -0.355 e. The highest BCUT2D eigenvalue weighted by Gasteiger charge is 2.19. The molecule has 1 saturated heterocycles. The summed E-state index contributed by atoms with van der Waals surface area (Å²) < 4.78 is 0. The molecular formula is C16H24ClN3O. The first-order valence-electron chi connectivity index (χ1n) is 7.57. The van der Waals surface area contributed by atoms with E-state index in [2.05, 4.69) is 15.5 Å². The molecule has 1 amide bonds.